The van der Waals surface area contributed by atoms with Crippen LogP contribution in [0.2, 0.25) is 0 Å². The molecule has 3 N–H and O–H groups in total. The van der Waals surface area contributed by atoms with Gasteiger partial charge in [-0.15, -0.1) is 0 Å². The van der Waals surface area contributed by atoms with Crippen LogP contribution in [0.25, 0.3) is 0 Å². The molecule has 1 aliphatic rings. The quantitative estimate of drug-likeness (QED) is 0.864. The SMILES string of the molecule is CC(N)(C(=O)N1CCC(c2cn[nH]c2)CC1)c1ccc(Br)cc1. The molecule has 0 radical (unpaired) electrons. The molecule has 5 nitrogen and oxygen atoms in total. The van der Waals surface area contributed by atoms with Gasteiger partial charge < -0.3 is 10.6 Å². The van der Waals surface area contributed by atoms with Crippen molar-refractivity contribution in [2.75, 3.05) is 13.1 Å². The number of likely N-dealkylation sites (tertiary alicyclic amines) is 1. The van der Waals surface area contributed by atoms with Crippen molar-refractivity contribution in [3.05, 3.63) is 52.3 Å². The fourth-order valence-corrected chi connectivity index (χ4v) is 3.41. The number of aromatic amines is 1. The number of piperidine rings is 1. The number of carbonyl (C=O) groups is 1. The van der Waals surface area contributed by atoms with E-state index in [0.717, 1.165) is 36.0 Å². The molecule has 1 aromatic carbocycles. The Morgan fingerprint density at radius 1 is 1.35 bits per heavy atom. The highest BCUT2D eigenvalue weighted by atomic mass is 79.9. The van der Waals surface area contributed by atoms with E-state index in [4.69, 9.17) is 5.73 Å². The van der Waals surface area contributed by atoms with Gasteiger partial charge in [0.15, 0.2) is 0 Å². The summed E-state index contributed by atoms with van der Waals surface area (Å²) < 4.78 is 0.977. The molecule has 122 valence electrons. The normalized spacial score (nSPS) is 18.7. The second kappa shape index (κ2) is 6.45. The van der Waals surface area contributed by atoms with E-state index in [-0.39, 0.29) is 5.91 Å². The average molecular weight is 377 g/mol. The standard InChI is InChI=1S/C17H21BrN4O/c1-17(19,14-2-4-15(18)5-3-14)16(23)22-8-6-12(7-9-22)13-10-20-21-11-13/h2-5,10-12H,6-9,19H2,1H3,(H,20,21). The van der Waals surface area contributed by atoms with Gasteiger partial charge in [-0.25, -0.2) is 0 Å². The van der Waals surface area contributed by atoms with Gasteiger partial charge in [-0.1, -0.05) is 28.1 Å². The number of H-pyrrole nitrogens is 1. The molecule has 1 atom stereocenters. The van der Waals surface area contributed by atoms with Crippen molar-refractivity contribution >= 4 is 21.8 Å². The molecule has 1 saturated heterocycles. The Balaban J connectivity index is 1.67. The lowest BCUT2D eigenvalue weighted by atomic mass is 9.88. The maximum absolute atomic E-state index is 12.9. The molecule has 0 saturated carbocycles. The third kappa shape index (κ3) is 3.33. The number of benzene rings is 1. The van der Waals surface area contributed by atoms with Crippen molar-refractivity contribution in [1.29, 1.82) is 0 Å². The van der Waals surface area contributed by atoms with E-state index in [0.29, 0.717) is 5.92 Å². The Morgan fingerprint density at radius 3 is 2.57 bits per heavy atom. The zero-order chi connectivity index (χ0) is 16.4. The van der Waals surface area contributed by atoms with Crippen molar-refractivity contribution in [2.45, 2.75) is 31.2 Å². The van der Waals surface area contributed by atoms with Gasteiger partial charge in [-0.2, -0.15) is 5.10 Å². The number of carbonyl (C=O) groups excluding carboxylic acids is 1. The van der Waals surface area contributed by atoms with Gasteiger partial charge in [0.05, 0.1) is 6.20 Å². The zero-order valence-electron chi connectivity index (χ0n) is 13.1. The molecule has 0 bridgehead atoms. The van der Waals surface area contributed by atoms with Crippen LogP contribution in [0.1, 0.15) is 36.8 Å². The summed E-state index contributed by atoms with van der Waals surface area (Å²) in [5, 5.41) is 6.87. The van der Waals surface area contributed by atoms with Gasteiger partial charge in [0.2, 0.25) is 5.91 Å². The summed E-state index contributed by atoms with van der Waals surface area (Å²) in [4.78, 5) is 14.8. The monoisotopic (exact) mass is 376 g/mol. The summed E-state index contributed by atoms with van der Waals surface area (Å²) in [7, 11) is 0. The van der Waals surface area contributed by atoms with Crippen molar-refractivity contribution in [3.8, 4) is 0 Å². The van der Waals surface area contributed by atoms with Crippen LogP contribution >= 0.6 is 15.9 Å². The number of hydrogen-bond donors (Lipinski definition) is 2. The maximum atomic E-state index is 12.9. The van der Waals surface area contributed by atoms with Crippen LogP contribution < -0.4 is 5.73 Å². The Bertz CT molecular complexity index is 658. The van der Waals surface area contributed by atoms with Crippen LogP contribution in [0.5, 0.6) is 0 Å². The van der Waals surface area contributed by atoms with Crippen molar-refractivity contribution in [2.24, 2.45) is 5.73 Å². The molecule has 23 heavy (non-hydrogen) atoms. The molecule has 1 unspecified atom stereocenters. The second-order valence-corrected chi connectivity index (χ2v) is 7.22. The minimum Gasteiger partial charge on any atom is -0.341 e. The van der Waals surface area contributed by atoms with Gasteiger partial charge in [-0.05, 0) is 48.9 Å². The number of aromatic nitrogens is 2. The third-order valence-electron chi connectivity index (χ3n) is 4.66. The molecule has 2 heterocycles. The fraction of sp³-hybridized carbons (Fsp3) is 0.412. The van der Waals surface area contributed by atoms with Gasteiger partial charge in [-0.3, -0.25) is 9.89 Å². The molecule has 3 rings (SSSR count). The minimum atomic E-state index is -0.997. The van der Waals surface area contributed by atoms with Crippen molar-refractivity contribution in [1.82, 2.24) is 15.1 Å². The van der Waals surface area contributed by atoms with E-state index >= 15 is 0 Å². The molecule has 1 amide bonds. The second-order valence-electron chi connectivity index (χ2n) is 6.31. The molecule has 0 aliphatic carbocycles. The van der Waals surface area contributed by atoms with E-state index < -0.39 is 5.54 Å². The van der Waals surface area contributed by atoms with Crippen LogP contribution in [0, 0.1) is 0 Å². The first-order chi connectivity index (χ1) is 11.0. The first-order valence-corrected chi connectivity index (χ1v) is 8.61. The average Bonchev–Trinajstić information content (AvgIpc) is 3.09. The van der Waals surface area contributed by atoms with Gasteiger partial charge >= 0.3 is 0 Å². The van der Waals surface area contributed by atoms with E-state index in [1.807, 2.05) is 41.6 Å². The third-order valence-corrected chi connectivity index (χ3v) is 5.19. The lowest BCUT2D eigenvalue weighted by Gasteiger charge is -2.37. The highest BCUT2D eigenvalue weighted by molar-refractivity contribution is 9.10. The Kier molecular flexibility index (Phi) is 4.55. The summed E-state index contributed by atoms with van der Waals surface area (Å²) in [6.45, 7) is 3.26. The highest BCUT2D eigenvalue weighted by Crippen LogP contribution is 2.30. The predicted octanol–water partition coefficient (Wildman–Crippen LogP) is 2.75. The summed E-state index contributed by atoms with van der Waals surface area (Å²) in [5.74, 6) is 0.458. The first kappa shape index (κ1) is 16.2. The number of nitrogens with zero attached hydrogens (tertiary/aromatic N) is 2. The van der Waals surface area contributed by atoms with Gasteiger partial charge in [0, 0.05) is 23.8 Å². The smallest absolute Gasteiger partial charge is 0.246 e. The Labute approximate surface area is 144 Å². The largest absolute Gasteiger partial charge is 0.341 e. The van der Waals surface area contributed by atoms with E-state index in [9.17, 15) is 4.79 Å². The molecule has 1 aliphatic heterocycles. The van der Waals surface area contributed by atoms with Crippen molar-refractivity contribution < 1.29 is 4.79 Å². The number of nitrogens with two attached hydrogens (primary N) is 1. The lowest BCUT2D eigenvalue weighted by molar-refractivity contribution is -0.137. The van der Waals surface area contributed by atoms with Crippen LogP contribution in [-0.4, -0.2) is 34.1 Å². The zero-order valence-corrected chi connectivity index (χ0v) is 14.7. The fourth-order valence-electron chi connectivity index (χ4n) is 3.15. The number of hydrogen-bond acceptors (Lipinski definition) is 3. The molecular weight excluding hydrogens is 356 g/mol. The molecule has 1 aromatic heterocycles. The molecular formula is C17H21BrN4O. The molecule has 1 fully saturated rings. The summed E-state index contributed by atoms with van der Waals surface area (Å²) >= 11 is 3.41. The van der Waals surface area contributed by atoms with Crippen LogP contribution in [0.15, 0.2) is 41.1 Å². The summed E-state index contributed by atoms with van der Waals surface area (Å²) in [5.41, 5.74) is 7.43. The summed E-state index contributed by atoms with van der Waals surface area (Å²) in [6.07, 6.45) is 5.71. The minimum absolute atomic E-state index is 0.00883. The number of halogens is 1. The van der Waals surface area contributed by atoms with Gasteiger partial charge in [0.1, 0.15) is 5.54 Å². The summed E-state index contributed by atoms with van der Waals surface area (Å²) in [6, 6.07) is 7.64. The molecule has 6 heteroatoms. The topological polar surface area (TPSA) is 75.0 Å². The van der Waals surface area contributed by atoms with Crippen LogP contribution in [0.3, 0.4) is 0 Å². The molecule has 2 aromatic rings. The van der Waals surface area contributed by atoms with Gasteiger partial charge in [0.25, 0.3) is 0 Å². The van der Waals surface area contributed by atoms with E-state index in [1.54, 1.807) is 6.92 Å². The van der Waals surface area contributed by atoms with Crippen LogP contribution in [0.4, 0.5) is 0 Å². The Hall–Kier alpha value is -1.66. The van der Waals surface area contributed by atoms with Crippen molar-refractivity contribution in [3.63, 3.8) is 0 Å². The highest BCUT2D eigenvalue weighted by Gasteiger charge is 2.36. The number of rotatable bonds is 3. The molecule has 0 spiro atoms. The predicted molar refractivity (Wildman–Crippen MR) is 92.8 cm³/mol. The van der Waals surface area contributed by atoms with E-state index in [1.165, 1.54) is 5.56 Å². The first-order valence-electron chi connectivity index (χ1n) is 7.81. The number of nitrogens with one attached hydrogen (secondary N) is 1. The van der Waals surface area contributed by atoms with Crippen LogP contribution in [-0.2, 0) is 10.3 Å². The van der Waals surface area contributed by atoms with E-state index in [2.05, 4.69) is 26.1 Å². The lowest BCUT2D eigenvalue weighted by Crippen LogP contribution is -2.52. The maximum Gasteiger partial charge on any atom is 0.246 e. The number of amides is 1. The Morgan fingerprint density at radius 2 is 2.00 bits per heavy atom.